The molecule has 0 radical (unpaired) electrons. The number of hydrogen-bond acceptors (Lipinski definition) is 2. The Kier molecular flexibility index (Phi) is 3.55. The highest BCUT2D eigenvalue weighted by atomic mass is 16.3. The zero-order valence-corrected chi connectivity index (χ0v) is 12.7. The van der Waals surface area contributed by atoms with Crippen LogP contribution in [0.2, 0.25) is 0 Å². The van der Waals surface area contributed by atoms with Gasteiger partial charge in [-0.2, -0.15) is 0 Å². The predicted octanol–water partition coefficient (Wildman–Crippen LogP) is 2.82. The van der Waals surface area contributed by atoms with Gasteiger partial charge in [-0.3, -0.25) is 0 Å². The summed E-state index contributed by atoms with van der Waals surface area (Å²) in [5.41, 5.74) is 4.98. The third-order valence-corrected chi connectivity index (χ3v) is 4.17. The van der Waals surface area contributed by atoms with Gasteiger partial charge in [0.25, 0.3) is 0 Å². The smallest absolute Gasteiger partial charge is 0.0946 e. The van der Waals surface area contributed by atoms with Gasteiger partial charge in [-0.1, -0.05) is 11.6 Å². The SMILES string of the molecule is Cc1ccc2c(c1)c(C)c(C)n2C[C@@H](O)Cn1ccnc1. The van der Waals surface area contributed by atoms with E-state index in [4.69, 9.17) is 0 Å². The van der Waals surface area contributed by atoms with Crippen LogP contribution in [0.1, 0.15) is 16.8 Å². The zero-order chi connectivity index (χ0) is 15.0. The molecule has 0 saturated carbocycles. The van der Waals surface area contributed by atoms with Crippen LogP contribution < -0.4 is 0 Å². The molecule has 1 aromatic carbocycles. The van der Waals surface area contributed by atoms with Gasteiger partial charge in [-0.25, -0.2) is 4.98 Å². The first-order valence-corrected chi connectivity index (χ1v) is 7.26. The van der Waals surface area contributed by atoms with Crippen LogP contribution in [0.15, 0.2) is 36.9 Å². The number of benzene rings is 1. The molecule has 0 spiro atoms. The van der Waals surface area contributed by atoms with Crippen molar-refractivity contribution in [1.82, 2.24) is 14.1 Å². The van der Waals surface area contributed by atoms with E-state index < -0.39 is 6.10 Å². The Morgan fingerprint density at radius 1 is 1.19 bits per heavy atom. The maximum atomic E-state index is 10.4. The molecule has 3 aromatic rings. The monoisotopic (exact) mass is 283 g/mol. The van der Waals surface area contributed by atoms with E-state index in [9.17, 15) is 5.11 Å². The topological polar surface area (TPSA) is 43.0 Å². The lowest BCUT2D eigenvalue weighted by Crippen LogP contribution is -2.22. The van der Waals surface area contributed by atoms with Crippen LogP contribution in [-0.4, -0.2) is 25.3 Å². The second kappa shape index (κ2) is 5.37. The quantitative estimate of drug-likeness (QED) is 0.800. The van der Waals surface area contributed by atoms with Crippen molar-refractivity contribution >= 4 is 10.9 Å². The van der Waals surface area contributed by atoms with Crippen molar-refractivity contribution in [3.63, 3.8) is 0 Å². The van der Waals surface area contributed by atoms with Gasteiger partial charge in [0.15, 0.2) is 0 Å². The van der Waals surface area contributed by atoms with E-state index in [1.807, 2.05) is 10.8 Å². The molecule has 0 saturated heterocycles. The van der Waals surface area contributed by atoms with Crippen LogP contribution in [0.4, 0.5) is 0 Å². The van der Waals surface area contributed by atoms with Gasteiger partial charge in [-0.15, -0.1) is 0 Å². The number of aliphatic hydroxyl groups excluding tert-OH is 1. The van der Waals surface area contributed by atoms with Crippen LogP contribution in [0.25, 0.3) is 10.9 Å². The molecular formula is C17H21N3O. The second-order valence-electron chi connectivity index (χ2n) is 5.75. The van der Waals surface area contributed by atoms with E-state index in [1.165, 1.54) is 27.7 Å². The molecule has 2 aromatic heterocycles. The lowest BCUT2D eigenvalue weighted by Gasteiger charge is -2.15. The summed E-state index contributed by atoms with van der Waals surface area (Å²) in [5, 5.41) is 11.6. The second-order valence-corrected chi connectivity index (χ2v) is 5.75. The summed E-state index contributed by atoms with van der Waals surface area (Å²) < 4.78 is 4.12. The first kappa shape index (κ1) is 13.9. The van der Waals surface area contributed by atoms with Crippen molar-refractivity contribution in [1.29, 1.82) is 0 Å². The van der Waals surface area contributed by atoms with Crippen LogP contribution >= 0.6 is 0 Å². The molecular weight excluding hydrogens is 262 g/mol. The van der Waals surface area contributed by atoms with Crippen LogP contribution in [0.5, 0.6) is 0 Å². The minimum absolute atomic E-state index is 0.436. The van der Waals surface area contributed by atoms with Gasteiger partial charge in [0.2, 0.25) is 0 Å². The largest absolute Gasteiger partial charge is 0.389 e. The Bertz CT molecular complexity index is 756. The van der Waals surface area contributed by atoms with Gasteiger partial charge in [0.05, 0.1) is 25.5 Å². The van der Waals surface area contributed by atoms with E-state index in [-0.39, 0.29) is 0 Å². The number of imidazole rings is 1. The molecule has 2 heterocycles. The van der Waals surface area contributed by atoms with Gasteiger partial charge in [0.1, 0.15) is 0 Å². The third-order valence-electron chi connectivity index (χ3n) is 4.17. The fourth-order valence-electron chi connectivity index (χ4n) is 2.91. The molecule has 21 heavy (non-hydrogen) atoms. The number of aryl methyl sites for hydroxylation is 2. The van der Waals surface area contributed by atoms with Crippen LogP contribution in [0.3, 0.4) is 0 Å². The summed E-state index contributed by atoms with van der Waals surface area (Å²) in [6.07, 6.45) is 4.90. The highest BCUT2D eigenvalue weighted by Gasteiger charge is 2.14. The molecule has 0 aliphatic carbocycles. The van der Waals surface area contributed by atoms with E-state index >= 15 is 0 Å². The molecule has 3 rings (SSSR count). The van der Waals surface area contributed by atoms with Crippen LogP contribution in [0, 0.1) is 20.8 Å². The normalized spacial score (nSPS) is 13.0. The number of nitrogens with zero attached hydrogens (tertiary/aromatic N) is 3. The fraction of sp³-hybridized carbons (Fsp3) is 0.353. The first-order valence-electron chi connectivity index (χ1n) is 7.26. The van der Waals surface area contributed by atoms with E-state index in [0.717, 1.165) is 0 Å². The molecule has 1 atom stereocenters. The molecule has 0 bridgehead atoms. The maximum absolute atomic E-state index is 10.4. The zero-order valence-electron chi connectivity index (χ0n) is 12.7. The van der Waals surface area contributed by atoms with Crippen molar-refractivity contribution in [2.75, 3.05) is 0 Å². The number of rotatable bonds is 4. The Labute approximate surface area is 124 Å². The molecule has 4 nitrogen and oxygen atoms in total. The highest BCUT2D eigenvalue weighted by molar-refractivity contribution is 5.85. The van der Waals surface area contributed by atoms with Crippen molar-refractivity contribution in [2.24, 2.45) is 0 Å². The molecule has 0 amide bonds. The van der Waals surface area contributed by atoms with Crippen molar-refractivity contribution < 1.29 is 5.11 Å². The summed E-state index contributed by atoms with van der Waals surface area (Å²) in [4.78, 5) is 4.01. The summed E-state index contributed by atoms with van der Waals surface area (Å²) in [6.45, 7) is 7.53. The summed E-state index contributed by atoms with van der Waals surface area (Å²) in [7, 11) is 0. The van der Waals surface area contributed by atoms with Crippen molar-refractivity contribution in [2.45, 2.75) is 40.0 Å². The number of aromatic nitrogens is 3. The number of fused-ring (bicyclic) bond motifs is 1. The lowest BCUT2D eigenvalue weighted by molar-refractivity contribution is 0.135. The Hall–Kier alpha value is -2.07. The minimum Gasteiger partial charge on any atom is -0.389 e. The Balaban J connectivity index is 1.91. The molecule has 4 heteroatoms. The Morgan fingerprint density at radius 3 is 2.71 bits per heavy atom. The maximum Gasteiger partial charge on any atom is 0.0946 e. The average Bonchev–Trinajstić information content (AvgIpc) is 3.02. The van der Waals surface area contributed by atoms with E-state index in [1.54, 1.807) is 12.5 Å². The highest BCUT2D eigenvalue weighted by Crippen LogP contribution is 2.26. The Morgan fingerprint density at radius 2 is 2.00 bits per heavy atom. The summed E-state index contributed by atoms with van der Waals surface area (Å²) >= 11 is 0. The molecule has 0 unspecified atom stereocenters. The van der Waals surface area contributed by atoms with E-state index in [0.29, 0.717) is 13.1 Å². The lowest BCUT2D eigenvalue weighted by atomic mass is 10.1. The molecule has 1 N–H and O–H groups in total. The molecule has 110 valence electrons. The number of aliphatic hydroxyl groups is 1. The van der Waals surface area contributed by atoms with Crippen LogP contribution in [-0.2, 0) is 13.1 Å². The molecule has 0 aliphatic heterocycles. The third kappa shape index (κ3) is 2.59. The van der Waals surface area contributed by atoms with Gasteiger partial charge < -0.3 is 14.2 Å². The summed E-state index contributed by atoms with van der Waals surface area (Å²) in [6, 6.07) is 6.49. The van der Waals surface area contributed by atoms with Crippen molar-refractivity contribution in [3.05, 3.63) is 53.7 Å². The van der Waals surface area contributed by atoms with E-state index in [2.05, 4.69) is 48.5 Å². The van der Waals surface area contributed by atoms with Gasteiger partial charge in [0, 0.05) is 29.0 Å². The standard InChI is InChI=1S/C17H21N3O/c1-12-4-5-17-16(8-12)13(2)14(3)20(17)10-15(21)9-19-7-6-18-11-19/h4-8,11,15,21H,9-10H2,1-3H3/t15-/m0/s1. The summed E-state index contributed by atoms with van der Waals surface area (Å²) in [5.74, 6) is 0. The first-order chi connectivity index (χ1) is 10.1. The molecule has 0 aliphatic rings. The number of hydrogen-bond donors (Lipinski definition) is 1. The van der Waals surface area contributed by atoms with Crippen molar-refractivity contribution in [3.8, 4) is 0 Å². The average molecular weight is 283 g/mol. The minimum atomic E-state index is -0.436. The van der Waals surface area contributed by atoms with Gasteiger partial charge >= 0.3 is 0 Å². The van der Waals surface area contributed by atoms with Gasteiger partial charge in [-0.05, 0) is 38.5 Å². The molecule has 0 fully saturated rings. The fourth-order valence-corrected chi connectivity index (χ4v) is 2.91. The predicted molar refractivity (Wildman–Crippen MR) is 84.4 cm³/mol.